The summed E-state index contributed by atoms with van der Waals surface area (Å²) in [5, 5.41) is 0.860. The number of halogens is 4. The van der Waals surface area contributed by atoms with Gasteiger partial charge in [0.2, 0.25) is 0 Å². The van der Waals surface area contributed by atoms with E-state index in [4.69, 9.17) is 0 Å². The Morgan fingerprint density at radius 2 is 1.44 bits per heavy atom. The van der Waals surface area contributed by atoms with E-state index in [1.54, 1.807) is 24.3 Å². The van der Waals surface area contributed by atoms with Gasteiger partial charge in [-0.25, -0.2) is 4.39 Å². The highest BCUT2D eigenvalue weighted by atomic mass is 32.2. The third kappa shape index (κ3) is 3.17. The van der Waals surface area contributed by atoms with Gasteiger partial charge in [0.05, 0.1) is 0 Å². The smallest absolute Gasteiger partial charge is 0.375 e. The van der Waals surface area contributed by atoms with E-state index in [1.807, 2.05) is 0 Å². The van der Waals surface area contributed by atoms with Crippen LogP contribution in [0.2, 0.25) is 0 Å². The summed E-state index contributed by atoms with van der Waals surface area (Å²) in [6, 6.07) is 14.5. The molecule has 0 amide bonds. The van der Waals surface area contributed by atoms with Crippen molar-refractivity contribution in [1.82, 2.24) is 0 Å². The van der Waals surface area contributed by atoms with Crippen LogP contribution in [0.25, 0.3) is 21.9 Å². The van der Waals surface area contributed by atoms with Crippen LogP contribution >= 0.6 is 0 Å². The van der Waals surface area contributed by atoms with E-state index >= 15 is 0 Å². The number of hydrogen-bond acceptors (Lipinski definition) is 3. The van der Waals surface area contributed by atoms with E-state index in [0.717, 1.165) is 6.07 Å². The normalized spacial score (nSPS) is 12.3. The zero-order chi connectivity index (χ0) is 18.2. The SMILES string of the molecule is O=S(=O)(Oc1ccccc1-c1ccc2ccccc2c1F)C(F)(F)F. The Labute approximate surface area is 140 Å². The van der Waals surface area contributed by atoms with Crippen molar-refractivity contribution >= 4 is 20.9 Å². The summed E-state index contributed by atoms with van der Waals surface area (Å²) in [5.74, 6) is -1.28. The lowest BCUT2D eigenvalue weighted by atomic mass is 10.00. The third-order valence-electron chi connectivity index (χ3n) is 3.52. The molecule has 3 rings (SSSR count). The highest BCUT2D eigenvalue weighted by Crippen LogP contribution is 2.37. The second kappa shape index (κ2) is 6.03. The Kier molecular flexibility index (Phi) is 4.16. The summed E-state index contributed by atoms with van der Waals surface area (Å²) in [5.41, 5.74) is -5.74. The van der Waals surface area contributed by atoms with Crippen molar-refractivity contribution in [3.05, 3.63) is 66.5 Å². The molecule has 0 aliphatic rings. The molecule has 3 aromatic rings. The number of rotatable bonds is 3. The minimum atomic E-state index is -5.86. The first-order valence-electron chi connectivity index (χ1n) is 6.98. The lowest BCUT2D eigenvalue weighted by molar-refractivity contribution is -0.0499. The Bertz CT molecular complexity index is 1040. The van der Waals surface area contributed by atoms with E-state index in [0.29, 0.717) is 5.39 Å². The van der Waals surface area contributed by atoms with E-state index in [9.17, 15) is 26.0 Å². The zero-order valence-corrected chi connectivity index (χ0v) is 13.2. The van der Waals surface area contributed by atoms with Gasteiger partial charge in [0, 0.05) is 16.5 Å². The molecule has 0 aromatic heterocycles. The van der Waals surface area contributed by atoms with Crippen LogP contribution in [0.1, 0.15) is 0 Å². The van der Waals surface area contributed by atoms with Crippen LogP contribution in [0.4, 0.5) is 17.6 Å². The fourth-order valence-corrected chi connectivity index (χ4v) is 2.85. The first kappa shape index (κ1) is 17.2. The molecular formula is C17H10F4O3S. The van der Waals surface area contributed by atoms with Crippen molar-refractivity contribution in [3.8, 4) is 16.9 Å². The molecule has 130 valence electrons. The molecule has 0 bridgehead atoms. The van der Waals surface area contributed by atoms with E-state index in [1.165, 1.54) is 30.3 Å². The molecule has 25 heavy (non-hydrogen) atoms. The molecule has 0 N–H and O–H groups in total. The van der Waals surface area contributed by atoms with Crippen molar-refractivity contribution in [2.75, 3.05) is 0 Å². The Morgan fingerprint density at radius 1 is 0.800 bits per heavy atom. The molecule has 0 radical (unpaired) electrons. The number of benzene rings is 3. The summed E-state index contributed by atoms with van der Waals surface area (Å²) < 4.78 is 79.2. The summed E-state index contributed by atoms with van der Waals surface area (Å²) in [6.07, 6.45) is 0. The largest absolute Gasteiger partial charge is 0.534 e. The molecule has 0 spiro atoms. The molecule has 0 aliphatic heterocycles. The highest BCUT2D eigenvalue weighted by molar-refractivity contribution is 7.88. The van der Waals surface area contributed by atoms with Gasteiger partial charge in [-0.05, 0) is 11.5 Å². The molecule has 0 atom stereocenters. The van der Waals surface area contributed by atoms with Crippen molar-refractivity contribution < 1.29 is 30.2 Å². The fraction of sp³-hybridized carbons (Fsp3) is 0.0588. The topological polar surface area (TPSA) is 43.4 Å². The van der Waals surface area contributed by atoms with Gasteiger partial charge >= 0.3 is 15.6 Å². The Morgan fingerprint density at radius 3 is 2.16 bits per heavy atom. The van der Waals surface area contributed by atoms with Crippen molar-refractivity contribution in [2.45, 2.75) is 5.51 Å². The summed E-state index contributed by atoms with van der Waals surface area (Å²) in [7, 11) is -5.86. The van der Waals surface area contributed by atoms with Crippen LogP contribution in [0.3, 0.4) is 0 Å². The average molecular weight is 370 g/mol. The van der Waals surface area contributed by atoms with Gasteiger partial charge in [0.1, 0.15) is 5.82 Å². The first-order valence-corrected chi connectivity index (χ1v) is 8.39. The lowest BCUT2D eigenvalue weighted by Crippen LogP contribution is -2.28. The molecular weight excluding hydrogens is 360 g/mol. The number of para-hydroxylation sites is 1. The third-order valence-corrected chi connectivity index (χ3v) is 4.49. The van der Waals surface area contributed by atoms with Crippen molar-refractivity contribution in [2.24, 2.45) is 0 Å². The maximum Gasteiger partial charge on any atom is 0.534 e. The number of hydrogen-bond donors (Lipinski definition) is 0. The van der Waals surface area contributed by atoms with Crippen molar-refractivity contribution in [3.63, 3.8) is 0 Å². The minimum absolute atomic E-state index is 0.0633. The number of alkyl halides is 3. The molecule has 0 heterocycles. The van der Waals surface area contributed by atoms with Crippen LogP contribution < -0.4 is 4.18 Å². The molecule has 0 fully saturated rings. The number of fused-ring (bicyclic) bond motifs is 1. The van der Waals surface area contributed by atoms with Gasteiger partial charge < -0.3 is 4.18 Å². The van der Waals surface area contributed by atoms with Crippen LogP contribution in [0, 0.1) is 5.82 Å². The molecule has 0 aliphatic carbocycles. The predicted molar refractivity (Wildman–Crippen MR) is 84.9 cm³/mol. The van der Waals surface area contributed by atoms with Gasteiger partial charge in [-0.3, -0.25) is 0 Å². The van der Waals surface area contributed by atoms with Crippen LogP contribution in [0.15, 0.2) is 60.7 Å². The molecule has 0 saturated heterocycles. The standard InChI is InChI=1S/C17H10F4O3S/c18-16-12-6-2-1-5-11(12)9-10-14(16)13-7-3-4-8-15(13)24-25(22,23)17(19,20)21/h1-10H. The maximum absolute atomic E-state index is 14.8. The Balaban J connectivity index is 2.16. The van der Waals surface area contributed by atoms with Crippen molar-refractivity contribution in [1.29, 1.82) is 0 Å². The van der Waals surface area contributed by atoms with Crippen LogP contribution in [-0.4, -0.2) is 13.9 Å². The second-order valence-corrected chi connectivity index (χ2v) is 6.67. The monoisotopic (exact) mass is 370 g/mol. The Hall–Kier alpha value is -2.61. The molecule has 0 unspecified atom stereocenters. The molecule has 3 aromatic carbocycles. The van der Waals surface area contributed by atoms with Gasteiger partial charge in [-0.1, -0.05) is 54.6 Å². The van der Waals surface area contributed by atoms with Gasteiger partial charge in [0.25, 0.3) is 0 Å². The predicted octanol–water partition coefficient (Wildman–Crippen LogP) is 4.87. The first-order chi connectivity index (χ1) is 11.7. The second-order valence-electron chi connectivity index (χ2n) is 5.13. The summed E-state index contributed by atoms with van der Waals surface area (Å²) in [4.78, 5) is 0. The maximum atomic E-state index is 14.8. The van der Waals surface area contributed by atoms with Gasteiger partial charge in [-0.2, -0.15) is 21.6 Å². The lowest BCUT2D eigenvalue weighted by Gasteiger charge is -2.14. The molecule has 3 nitrogen and oxygen atoms in total. The highest BCUT2D eigenvalue weighted by Gasteiger charge is 2.48. The van der Waals surface area contributed by atoms with Gasteiger partial charge in [0.15, 0.2) is 5.75 Å². The molecule has 8 heteroatoms. The fourth-order valence-electron chi connectivity index (χ4n) is 2.37. The van der Waals surface area contributed by atoms with E-state index in [-0.39, 0.29) is 16.5 Å². The van der Waals surface area contributed by atoms with Gasteiger partial charge in [-0.15, -0.1) is 0 Å². The quantitative estimate of drug-likeness (QED) is 0.375. The average Bonchev–Trinajstić information content (AvgIpc) is 2.55. The van der Waals surface area contributed by atoms with Crippen LogP contribution in [-0.2, 0) is 10.1 Å². The summed E-state index contributed by atoms with van der Waals surface area (Å²) >= 11 is 0. The zero-order valence-electron chi connectivity index (χ0n) is 12.4. The van der Waals surface area contributed by atoms with E-state index < -0.39 is 27.2 Å². The summed E-state index contributed by atoms with van der Waals surface area (Å²) in [6.45, 7) is 0. The minimum Gasteiger partial charge on any atom is -0.375 e. The van der Waals surface area contributed by atoms with E-state index in [2.05, 4.69) is 4.18 Å². The van der Waals surface area contributed by atoms with Crippen LogP contribution in [0.5, 0.6) is 5.75 Å². The molecule has 0 saturated carbocycles.